The van der Waals surface area contributed by atoms with Crippen molar-refractivity contribution in [2.24, 2.45) is 0 Å². The lowest BCUT2D eigenvalue weighted by atomic mass is 9.90. The van der Waals surface area contributed by atoms with Gasteiger partial charge in [0.1, 0.15) is 5.54 Å². The number of likely N-dealkylation sites (tertiary alicyclic amines) is 1. The van der Waals surface area contributed by atoms with Gasteiger partial charge < -0.3 is 10.0 Å². The third-order valence-corrected chi connectivity index (χ3v) is 4.37. The molecule has 1 aromatic carbocycles. The van der Waals surface area contributed by atoms with Crippen molar-refractivity contribution in [1.82, 2.24) is 4.90 Å². The van der Waals surface area contributed by atoms with E-state index in [1.807, 2.05) is 6.92 Å². The summed E-state index contributed by atoms with van der Waals surface area (Å²) in [6, 6.07) is 7.09. The molecule has 1 unspecified atom stereocenters. The van der Waals surface area contributed by atoms with Crippen LogP contribution in [-0.2, 0) is 16.0 Å². The molecule has 21 heavy (non-hydrogen) atoms. The molecule has 1 atom stereocenters. The van der Waals surface area contributed by atoms with Gasteiger partial charge in [0.2, 0.25) is 5.91 Å². The van der Waals surface area contributed by atoms with Crippen molar-refractivity contribution in [1.29, 1.82) is 0 Å². The first-order valence-corrected chi connectivity index (χ1v) is 7.65. The lowest BCUT2D eigenvalue weighted by molar-refractivity contribution is -0.156. The number of hydrogen-bond donors (Lipinski definition) is 1. The number of carbonyl (C=O) groups is 2. The van der Waals surface area contributed by atoms with Gasteiger partial charge in [-0.2, -0.15) is 0 Å². The highest BCUT2D eigenvalue weighted by atomic mass is 35.5. The number of hydrogen-bond acceptors (Lipinski definition) is 2. The molecule has 0 aliphatic carbocycles. The van der Waals surface area contributed by atoms with E-state index in [0.29, 0.717) is 24.4 Å². The minimum Gasteiger partial charge on any atom is -0.479 e. The largest absolute Gasteiger partial charge is 0.479 e. The molecular formula is C16H20ClNO3. The van der Waals surface area contributed by atoms with Crippen LogP contribution in [0.5, 0.6) is 0 Å². The van der Waals surface area contributed by atoms with E-state index in [1.54, 1.807) is 29.2 Å². The van der Waals surface area contributed by atoms with E-state index in [0.717, 1.165) is 18.4 Å². The van der Waals surface area contributed by atoms with Gasteiger partial charge in [0.05, 0.1) is 6.42 Å². The monoisotopic (exact) mass is 309 g/mol. The van der Waals surface area contributed by atoms with Crippen molar-refractivity contribution < 1.29 is 14.7 Å². The van der Waals surface area contributed by atoms with Crippen LogP contribution in [0.4, 0.5) is 0 Å². The van der Waals surface area contributed by atoms with Crippen LogP contribution in [0.25, 0.3) is 0 Å². The molecule has 2 rings (SSSR count). The summed E-state index contributed by atoms with van der Waals surface area (Å²) in [6.45, 7) is 2.48. The average molecular weight is 310 g/mol. The second-order valence-corrected chi connectivity index (χ2v) is 5.98. The highest BCUT2D eigenvalue weighted by Gasteiger charge is 2.48. The standard InChI is InChI=1S/C16H20ClNO3/c1-2-8-16(15(20)21)9-3-10-18(16)14(19)11-12-4-6-13(17)7-5-12/h4-7H,2-3,8-11H2,1H3,(H,20,21). The Kier molecular flexibility index (Phi) is 4.88. The van der Waals surface area contributed by atoms with E-state index < -0.39 is 11.5 Å². The molecule has 0 radical (unpaired) electrons. The van der Waals surface area contributed by atoms with Gasteiger partial charge in [0.25, 0.3) is 0 Å². The number of carbonyl (C=O) groups excluding carboxylic acids is 1. The smallest absolute Gasteiger partial charge is 0.329 e. The van der Waals surface area contributed by atoms with Crippen LogP contribution in [0.3, 0.4) is 0 Å². The van der Waals surface area contributed by atoms with Crippen LogP contribution >= 0.6 is 11.6 Å². The summed E-state index contributed by atoms with van der Waals surface area (Å²) in [6.07, 6.45) is 2.77. The predicted octanol–water partition coefficient (Wildman–Crippen LogP) is 3.13. The highest BCUT2D eigenvalue weighted by Crippen LogP contribution is 2.34. The van der Waals surface area contributed by atoms with E-state index in [9.17, 15) is 14.7 Å². The minimum absolute atomic E-state index is 0.120. The lowest BCUT2D eigenvalue weighted by Crippen LogP contribution is -2.53. The molecule has 1 aromatic rings. The second kappa shape index (κ2) is 6.48. The molecular weight excluding hydrogens is 290 g/mol. The summed E-state index contributed by atoms with van der Waals surface area (Å²) in [4.78, 5) is 25.8. The van der Waals surface area contributed by atoms with Crippen LogP contribution in [0.1, 0.15) is 38.2 Å². The Hall–Kier alpha value is -1.55. The third kappa shape index (κ3) is 3.21. The molecule has 0 bridgehead atoms. The maximum absolute atomic E-state index is 12.5. The van der Waals surface area contributed by atoms with Crippen molar-refractivity contribution in [3.05, 3.63) is 34.9 Å². The summed E-state index contributed by atoms with van der Waals surface area (Å²) in [5.41, 5.74) is -0.162. The maximum atomic E-state index is 12.5. The Bertz CT molecular complexity index is 529. The Morgan fingerprint density at radius 3 is 2.57 bits per heavy atom. The number of carboxylic acid groups (broad SMARTS) is 1. The zero-order valence-corrected chi connectivity index (χ0v) is 12.9. The molecule has 114 valence electrons. The van der Waals surface area contributed by atoms with E-state index in [-0.39, 0.29) is 12.3 Å². The minimum atomic E-state index is -1.02. The summed E-state index contributed by atoms with van der Waals surface area (Å²) < 4.78 is 0. The van der Waals surface area contributed by atoms with Gasteiger partial charge >= 0.3 is 5.97 Å². The van der Waals surface area contributed by atoms with Gasteiger partial charge in [-0.3, -0.25) is 4.79 Å². The van der Waals surface area contributed by atoms with Crippen LogP contribution in [-0.4, -0.2) is 34.0 Å². The Balaban J connectivity index is 2.16. The van der Waals surface area contributed by atoms with Crippen LogP contribution in [0, 0.1) is 0 Å². The molecule has 1 saturated heterocycles. The molecule has 0 aromatic heterocycles. The highest BCUT2D eigenvalue weighted by molar-refractivity contribution is 6.30. The van der Waals surface area contributed by atoms with E-state index in [4.69, 9.17) is 11.6 Å². The van der Waals surface area contributed by atoms with E-state index in [2.05, 4.69) is 0 Å². The zero-order valence-electron chi connectivity index (χ0n) is 12.1. The molecule has 1 aliphatic rings. The summed E-state index contributed by atoms with van der Waals surface area (Å²) in [7, 11) is 0. The fourth-order valence-electron chi connectivity index (χ4n) is 3.12. The molecule has 0 saturated carbocycles. The summed E-state index contributed by atoms with van der Waals surface area (Å²) in [5, 5.41) is 10.2. The first-order valence-electron chi connectivity index (χ1n) is 7.28. The van der Waals surface area contributed by atoms with Crippen molar-refractivity contribution in [3.63, 3.8) is 0 Å². The number of amides is 1. The SMILES string of the molecule is CCCC1(C(=O)O)CCCN1C(=O)Cc1ccc(Cl)cc1. The fourth-order valence-corrected chi connectivity index (χ4v) is 3.24. The quantitative estimate of drug-likeness (QED) is 0.909. The van der Waals surface area contributed by atoms with Crippen molar-refractivity contribution in [2.45, 2.75) is 44.6 Å². The van der Waals surface area contributed by atoms with Gasteiger partial charge in [0, 0.05) is 11.6 Å². The van der Waals surface area contributed by atoms with Gasteiger partial charge in [-0.15, -0.1) is 0 Å². The van der Waals surface area contributed by atoms with Crippen molar-refractivity contribution >= 4 is 23.5 Å². The van der Waals surface area contributed by atoms with Gasteiger partial charge in [-0.25, -0.2) is 4.79 Å². The molecule has 1 heterocycles. The topological polar surface area (TPSA) is 57.6 Å². The number of benzene rings is 1. The van der Waals surface area contributed by atoms with Crippen LogP contribution in [0.15, 0.2) is 24.3 Å². The predicted molar refractivity (Wildman–Crippen MR) is 81.4 cm³/mol. The first kappa shape index (κ1) is 15.8. The molecule has 1 fully saturated rings. The molecule has 1 aliphatic heterocycles. The molecule has 5 heteroatoms. The van der Waals surface area contributed by atoms with Crippen molar-refractivity contribution in [3.8, 4) is 0 Å². The Morgan fingerprint density at radius 2 is 2.00 bits per heavy atom. The number of aliphatic carboxylic acids is 1. The van der Waals surface area contributed by atoms with Crippen LogP contribution < -0.4 is 0 Å². The second-order valence-electron chi connectivity index (χ2n) is 5.54. The van der Waals surface area contributed by atoms with E-state index >= 15 is 0 Å². The maximum Gasteiger partial charge on any atom is 0.329 e. The lowest BCUT2D eigenvalue weighted by Gasteiger charge is -2.34. The first-order chi connectivity index (χ1) is 9.99. The Morgan fingerprint density at radius 1 is 1.33 bits per heavy atom. The van der Waals surface area contributed by atoms with Crippen molar-refractivity contribution in [2.75, 3.05) is 6.54 Å². The average Bonchev–Trinajstić information content (AvgIpc) is 2.87. The third-order valence-electron chi connectivity index (χ3n) is 4.12. The van der Waals surface area contributed by atoms with Gasteiger partial charge in [0.15, 0.2) is 0 Å². The summed E-state index contributed by atoms with van der Waals surface area (Å²) >= 11 is 5.83. The Labute approximate surface area is 129 Å². The number of carboxylic acids is 1. The van der Waals surface area contributed by atoms with Gasteiger partial charge in [-0.1, -0.05) is 37.1 Å². The van der Waals surface area contributed by atoms with Gasteiger partial charge in [-0.05, 0) is 37.0 Å². The number of halogens is 1. The van der Waals surface area contributed by atoms with E-state index in [1.165, 1.54) is 0 Å². The van der Waals surface area contributed by atoms with Crippen LogP contribution in [0.2, 0.25) is 5.02 Å². The summed E-state index contributed by atoms with van der Waals surface area (Å²) in [5.74, 6) is -1.00. The molecule has 4 nitrogen and oxygen atoms in total. The number of nitrogens with zero attached hydrogens (tertiary/aromatic N) is 1. The number of rotatable bonds is 5. The normalized spacial score (nSPS) is 21.5. The molecule has 1 amide bonds. The zero-order chi connectivity index (χ0) is 15.5. The molecule has 1 N–H and O–H groups in total. The fraction of sp³-hybridized carbons (Fsp3) is 0.500. The molecule has 0 spiro atoms.